The topological polar surface area (TPSA) is 58.3 Å². The van der Waals surface area contributed by atoms with Gasteiger partial charge in [0, 0.05) is 31.7 Å². The number of alkyl halides is 3. The summed E-state index contributed by atoms with van der Waals surface area (Å²) in [7, 11) is 1.98. The fourth-order valence-electron chi connectivity index (χ4n) is 2.02. The van der Waals surface area contributed by atoms with Crippen LogP contribution in [0.5, 0.6) is 0 Å². The van der Waals surface area contributed by atoms with Crippen molar-refractivity contribution in [2.24, 2.45) is 0 Å². The number of piperazine rings is 1. The highest BCUT2D eigenvalue weighted by Crippen LogP contribution is 2.30. The van der Waals surface area contributed by atoms with Crippen molar-refractivity contribution < 1.29 is 13.2 Å². The first-order valence-electron chi connectivity index (χ1n) is 5.94. The van der Waals surface area contributed by atoms with Gasteiger partial charge in [0.2, 0.25) is 5.95 Å². The van der Waals surface area contributed by atoms with Crippen LogP contribution in [0.3, 0.4) is 0 Å². The third kappa shape index (κ3) is 3.06. The Morgan fingerprint density at radius 3 is 2.58 bits per heavy atom. The van der Waals surface area contributed by atoms with E-state index >= 15 is 0 Å². The lowest BCUT2D eigenvalue weighted by Gasteiger charge is -2.38. The van der Waals surface area contributed by atoms with E-state index in [1.807, 2.05) is 14.0 Å². The molecule has 2 N–H and O–H groups in total. The molecule has 0 aromatic carbocycles. The van der Waals surface area contributed by atoms with Gasteiger partial charge < -0.3 is 15.5 Å². The monoisotopic (exact) mass is 275 g/mol. The number of hydrogen-bond acceptors (Lipinski definition) is 5. The molecule has 8 heteroatoms. The number of aromatic nitrogens is 2. The summed E-state index contributed by atoms with van der Waals surface area (Å²) in [6, 6.07) is 1.20. The Balaban J connectivity index is 2.28. The SMILES string of the molecule is CC1CN(c2cc(C(F)(F)F)nc(N)n2)CCN1C. The lowest BCUT2D eigenvalue weighted by molar-refractivity contribution is -0.141. The molecule has 1 aliphatic heterocycles. The maximum atomic E-state index is 12.7. The average Bonchev–Trinajstić information content (AvgIpc) is 2.31. The number of nitrogen functional groups attached to an aromatic ring is 1. The molecule has 1 aromatic rings. The van der Waals surface area contributed by atoms with E-state index in [1.165, 1.54) is 0 Å². The smallest absolute Gasteiger partial charge is 0.368 e. The zero-order valence-electron chi connectivity index (χ0n) is 10.8. The van der Waals surface area contributed by atoms with E-state index in [9.17, 15) is 13.2 Å². The third-order valence-corrected chi connectivity index (χ3v) is 3.30. The molecule has 2 rings (SSSR count). The van der Waals surface area contributed by atoms with Crippen molar-refractivity contribution in [2.75, 3.05) is 37.3 Å². The molecule has 0 saturated carbocycles. The summed E-state index contributed by atoms with van der Waals surface area (Å²) in [6.45, 7) is 4.02. The Morgan fingerprint density at radius 2 is 2.00 bits per heavy atom. The molecule has 0 aliphatic carbocycles. The quantitative estimate of drug-likeness (QED) is 0.835. The summed E-state index contributed by atoms with van der Waals surface area (Å²) in [5.74, 6) is -0.115. The molecule has 1 aliphatic rings. The molecule has 1 atom stereocenters. The maximum Gasteiger partial charge on any atom is 0.433 e. The molecule has 0 amide bonds. The largest absolute Gasteiger partial charge is 0.433 e. The van der Waals surface area contributed by atoms with Gasteiger partial charge in [-0.2, -0.15) is 18.2 Å². The summed E-state index contributed by atoms with van der Waals surface area (Å²) in [5.41, 5.74) is 4.37. The van der Waals surface area contributed by atoms with Crippen LogP contribution in [0.4, 0.5) is 24.9 Å². The van der Waals surface area contributed by atoms with Crippen molar-refractivity contribution in [3.63, 3.8) is 0 Å². The van der Waals surface area contributed by atoms with Crippen molar-refractivity contribution in [1.82, 2.24) is 14.9 Å². The highest BCUT2D eigenvalue weighted by Gasteiger charge is 2.34. The predicted molar refractivity (Wildman–Crippen MR) is 65.8 cm³/mol. The Bertz CT molecular complexity index is 462. The van der Waals surface area contributed by atoms with Gasteiger partial charge in [-0.1, -0.05) is 0 Å². The number of anilines is 2. The van der Waals surface area contributed by atoms with Crippen molar-refractivity contribution in [3.8, 4) is 0 Å². The van der Waals surface area contributed by atoms with E-state index in [2.05, 4.69) is 14.9 Å². The van der Waals surface area contributed by atoms with E-state index in [0.29, 0.717) is 13.1 Å². The van der Waals surface area contributed by atoms with E-state index < -0.39 is 11.9 Å². The first-order chi connectivity index (χ1) is 8.77. The van der Waals surface area contributed by atoms with Crippen molar-refractivity contribution >= 4 is 11.8 Å². The number of halogens is 3. The highest BCUT2D eigenvalue weighted by atomic mass is 19.4. The Hall–Kier alpha value is -1.57. The summed E-state index contributed by atoms with van der Waals surface area (Å²) < 4.78 is 38.0. The van der Waals surface area contributed by atoms with E-state index in [1.54, 1.807) is 4.90 Å². The number of rotatable bonds is 1. The van der Waals surface area contributed by atoms with Gasteiger partial charge in [0.15, 0.2) is 5.69 Å². The normalized spacial score (nSPS) is 21.7. The first kappa shape index (κ1) is 13.9. The molecule has 0 bridgehead atoms. The number of likely N-dealkylation sites (N-methyl/N-ethyl adjacent to an activating group) is 1. The summed E-state index contributed by atoms with van der Waals surface area (Å²) >= 11 is 0. The second-order valence-electron chi connectivity index (χ2n) is 4.74. The lowest BCUT2D eigenvalue weighted by Crippen LogP contribution is -2.50. The average molecular weight is 275 g/mol. The molecule has 19 heavy (non-hydrogen) atoms. The highest BCUT2D eigenvalue weighted by molar-refractivity contribution is 5.44. The molecule has 1 fully saturated rings. The van der Waals surface area contributed by atoms with Gasteiger partial charge in [0.1, 0.15) is 5.82 Å². The second-order valence-corrected chi connectivity index (χ2v) is 4.74. The Labute approximate surface area is 109 Å². The van der Waals surface area contributed by atoms with Crippen LogP contribution in [0.2, 0.25) is 0 Å². The van der Waals surface area contributed by atoms with Gasteiger partial charge >= 0.3 is 6.18 Å². The third-order valence-electron chi connectivity index (χ3n) is 3.30. The minimum absolute atomic E-state index is 0.236. The molecular weight excluding hydrogens is 259 g/mol. The van der Waals surface area contributed by atoms with Gasteiger partial charge in [-0.25, -0.2) is 4.98 Å². The summed E-state index contributed by atoms with van der Waals surface area (Å²) in [6.07, 6.45) is -4.51. The molecule has 1 saturated heterocycles. The first-order valence-corrected chi connectivity index (χ1v) is 5.94. The molecular formula is C11H16F3N5. The number of nitrogens with zero attached hydrogens (tertiary/aromatic N) is 4. The van der Waals surface area contributed by atoms with Gasteiger partial charge in [-0.05, 0) is 14.0 Å². The summed E-state index contributed by atoms with van der Waals surface area (Å²) in [4.78, 5) is 11.1. The Morgan fingerprint density at radius 1 is 1.32 bits per heavy atom. The minimum atomic E-state index is -4.51. The Kier molecular flexibility index (Phi) is 3.53. The van der Waals surface area contributed by atoms with Gasteiger partial charge in [0.05, 0.1) is 0 Å². The van der Waals surface area contributed by atoms with Crippen molar-refractivity contribution in [1.29, 1.82) is 0 Å². The fourth-order valence-corrected chi connectivity index (χ4v) is 2.02. The molecule has 1 aromatic heterocycles. The molecule has 0 radical (unpaired) electrons. The van der Waals surface area contributed by atoms with Crippen LogP contribution in [-0.4, -0.2) is 47.6 Å². The van der Waals surface area contributed by atoms with E-state index in [0.717, 1.165) is 12.6 Å². The zero-order valence-corrected chi connectivity index (χ0v) is 10.8. The fraction of sp³-hybridized carbons (Fsp3) is 0.636. The van der Waals surface area contributed by atoms with E-state index in [-0.39, 0.29) is 17.8 Å². The second kappa shape index (κ2) is 4.84. The standard InChI is InChI=1S/C11H16F3N5/c1-7-6-19(4-3-18(7)2)9-5-8(11(12,13)14)16-10(15)17-9/h5,7H,3-4,6H2,1-2H3,(H2,15,16,17). The van der Waals surface area contributed by atoms with Crippen LogP contribution in [0.15, 0.2) is 6.07 Å². The van der Waals surface area contributed by atoms with Crippen LogP contribution in [-0.2, 0) is 6.18 Å². The summed E-state index contributed by atoms with van der Waals surface area (Å²) in [5, 5.41) is 0. The molecule has 2 heterocycles. The van der Waals surface area contributed by atoms with Gasteiger partial charge in [0.25, 0.3) is 0 Å². The van der Waals surface area contributed by atoms with Crippen molar-refractivity contribution in [2.45, 2.75) is 19.1 Å². The van der Waals surface area contributed by atoms with Crippen LogP contribution < -0.4 is 10.6 Å². The van der Waals surface area contributed by atoms with Crippen LogP contribution >= 0.6 is 0 Å². The molecule has 106 valence electrons. The van der Waals surface area contributed by atoms with Gasteiger partial charge in [-0.15, -0.1) is 0 Å². The molecule has 0 spiro atoms. The van der Waals surface area contributed by atoms with Crippen LogP contribution in [0.25, 0.3) is 0 Å². The van der Waals surface area contributed by atoms with Crippen molar-refractivity contribution in [3.05, 3.63) is 11.8 Å². The van der Waals surface area contributed by atoms with Gasteiger partial charge in [-0.3, -0.25) is 0 Å². The van der Waals surface area contributed by atoms with Crippen LogP contribution in [0, 0.1) is 0 Å². The molecule has 1 unspecified atom stereocenters. The van der Waals surface area contributed by atoms with E-state index in [4.69, 9.17) is 5.73 Å². The molecule has 5 nitrogen and oxygen atoms in total. The number of nitrogens with two attached hydrogens (primary N) is 1. The minimum Gasteiger partial charge on any atom is -0.368 e. The maximum absolute atomic E-state index is 12.7. The lowest BCUT2D eigenvalue weighted by atomic mass is 10.2. The van der Waals surface area contributed by atoms with Crippen LogP contribution in [0.1, 0.15) is 12.6 Å². The predicted octanol–water partition coefficient (Wildman–Crippen LogP) is 1.22. The zero-order chi connectivity index (χ0) is 14.2. The number of hydrogen-bond donors (Lipinski definition) is 1.